The largest absolute Gasteiger partial charge is 0.478 e. The quantitative estimate of drug-likeness (QED) is 0.485. The number of aromatic carboxylic acids is 1. The van der Waals surface area contributed by atoms with Crippen LogP contribution in [0.1, 0.15) is 10.4 Å². The van der Waals surface area contributed by atoms with Crippen LogP contribution in [0.2, 0.25) is 5.02 Å². The van der Waals surface area contributed by atoms with Crippen molar-refractivity contribution in [3.05, 3.63) is 64.2 Å². The summed E-state index contributed by atoms with van der Waals surface area (Å²) in [7, 11) is 0. The highest BCUT2D eigenvalue weighted by atomic mass is 35.5. The van der Waals surface area contributed by atoms with Gasteiger partial charge in [0.2, 0.25) is 0 Å². The first-order valence-electron chi connectivity index (χ1n) is 7.29. The summed E-state index contributed by atoms with van der Waals surface area (Å²) in [6.07, 6.45) is 0. The summed E-state index contributed by atoms with van der Waals surface area (Å²) in [5, 5.41) is 16.1. The van der Waals surface area contributed by atoms with Crippen LogP contribution >= 0.6 is 22.9 Å². The molecule has 2 N–H and O–H groups in total. The van der Waals surface area contributed by atoms with Crippen LogP contribution in [-0.4, -0.2) is 16.1 Å². The van der Waals surface area contributed by atoms with E-state index in [9.17, 15) is 14.3 Å². The highest BCUT2D eigenvalue weighted by molar-refractivity contribution is 7.18. The Morgan fingerprint density at radius 2 is 2.00 bits per heavy atom. The van der Waals surface area contributed by atoms with E-state index in [0.717, 1.165) is 15.5 Å². The molecule has 2 aromatic heterocycles. The van der Waals surface area contributed by atoms with Gasteiger partial charge in [-0.25, -0.2) is 14.2 Å². The zero-order valence-corrected chi connectivity index (χ0v) is 14.2. The molecule has 2 aromatic carbocycles. The van der Waals surface area contributed by atoms with Crippen LogP contribution in [0.4, 0.5) is 15.9 Å². The lowest BCUT2D eigenvalue weighted by atomic mass is 10.1. The van der Waals surface area contributed by atoms with E-state index >= 15 is 0 Å². The van der Waals surface area contributed by atoms with Gasteiger partial charge in [-0.05, 0) is 41.8 Å². The van der Waals surface area contributed by atoms with Gasteiger partial charge >= 0.3 is 5.97 Å². The number of carboxylic acids is 1. The fraction of sp³-hybridized carbons (Fsp3) is 0. The Morgan fingerprint density at radius 1 is 1.16 bits per heavy atom. The maximum absolute atomic E-state index is 13.3. The molecule has 0 aliphatic carbocycles. The van der Waals surface area contributed by atoms with Gasteiger partial charge in [0.1, 0.15) is 11.6 Å². The van der Waals surface area contributed by atoms with Crippen LogP contribution in [-0.2, 0) is 0 Å². The number of fused-ring (bicyclic) bond motifs is 3. The first-order valence-corrected chi connectivity index (χ1v) is 8.55. The third kappa shape index (κ3) is 2.79. The normalized spacial score (nSPS) is 11.1. The molecule has 0 bridgehead atoms. The number of anilines is 2. The monoisotopic (exact) mass is 372 g/mol. The Hall–Kier alpha value is -2.70. The molecule has 0 atom stereocenters. The Bertz CT molecular complexity index is 1140. The molecule has 4 nitrogen and oxygen atoms in total. The number of carbonyl (C=O) groups is 1. The van der Waals surface area contributed by atoms with Gasteiger partial charge in [-0.2, -0.15) is 0 Å². The minimum Gasteiger partial charge on any atom is -0.478 e. The van der Waals surface area contributed by atoms with Crippen LogP contribution in [0, 0.1) is 5.82 Å². The lowest BCUT2D eigenvalue weighted by molar-refractivity contribution is 0.0697. The van der Waals surface area contributed by atoms with Gasteiger partial charge in [0.25, 0.3) is 0 Å². The first-order chi connectivity index (χ1) is 12.0. The van der Waals surface area contributed by atoms with Gasteiger partial charge in [-0.3, -0.25) is 0 Å². The Labute approximate surface area is 150 Å². The molecular weight excluding hydrogens is 363 g/mol. The molecule has 0 aliphatic heterocycles. The maximum Gasteiger partial charge on any atom is 0.335 e. The average molecular weight is 373 g/mol. The molecule has 0 unspecified atom stereocenters. The average Bonchev–Trinajstić information content (AvgIpc) is 3.08. The van der Waals surface area contributed by atoms with E-state index in [4.69, 9.17) is 11.6 Å². The molecule has 2 heterocycles. The van der Waals surface area contributed by atoms with Crippen molar-refractivity contribution < 1.29 is 14.3 Å². The smallest absolute Gasteiger partial charge is 0.335 e. The molecule has 25 heavy (non-hydrogen) atoms. The molecule has 0 saturated carbocycles. The number of benzene rings is 2. The van der Waals surface area contributed by atoms with Gasteiger partial charge in [-0.15, -0.1) is 11.3 Å². The van der Waals surface area contributed by atoms with Crippen LogP contribution < -0.4 is 5.32 Å². The topological polar surface area (TPSA) is 62.2 Å². The second-order valence-corrected chi connectivity index (χ2v) is 6.74. The molecule has 4 aromatic rings. The fourth-order valence-corrected chi connectivity index (χ4v) is 3.75. The summed E-state index contributed by atoms with van der Waals surface area (Å²) in [6, 6.07) is 11.1. The molecule has 7 heteroatoms. The Balaban J connectivity index is 1.90. The van der Waals surface area contributed by atoms with Crippen LogP contribution in [0.5, 0.6) is 0 Å². The summed E-state index contributed by atoms with van der Waals surface area (Å²) in [5.41, 5.74) is 1.34. The highest BCUT2D eigenvalue weighted by Crippen LogP contribution is 2.35. The lowest BCUT2D eigenvalue weighted by Crippen LogP contribution is -1.98. The lowest BCUT2D eigenvalue weighted by Gasteiger charge is -2.10. The minimum absolute atomic E-state index is 0.0144. The van der Waals surface area contributed by atoms with Gasteiger partial charge < -0.3 is 10.4 Å². The zero-order valence-electron chi connectivity index (χ0n) is 12.6. The van der Waals surface area contributed by atoms with E-state index in [1.807, 2.05) is 11.4 Å². The molecular formula is C18H10ClFN2O2S. The number of rotatable bonds is 3. The third-order valence-corrected chi connectivity index (χ3v) is 5.06. The SMILES string of the molecule is O=C(O)c1ccc2c(c1)nc(Nc1ccc(F)c(Cl)c1)c1ccsc12. The molecule has 4 rings (SSSR count). The Kier molecular flexibility index (Phi) is 3.78. The molecule has 124 valence electrons. The maximum atomic E-state index is 13.3. The molecule has 0 radical (unpaired) electrons. The summed E-state index contributed by atoms with van der Waals surface area (Å²) >= 11 is 7.38. The second-order valence-electron chi connectivity index (χ2n) is 5.41. The first kappa shape index (κ1) is 15.8. The van der Waals surface area contributed by atoms with Crippen molar-refractivity contribution in [1.82, 2.24) is 4.98 Å². The number of thiophene rings is 1. The number of carboxylic acid groups (broad SMARTS) is 1. The summed E-state index contributed by atoms with van der Waals surface area (Å²) in [4.78, 5) is 15.8. The van der Waals surface area contributed by atoms with E-state index in [1.165, 1.54) is 12.1 Å². The van der Waals surface area contributed by atoms with Crippen LogP contribution in [0.15, 0.2) is 47.8 Å². The van der Waals surface area contributed by atoms with Crippen molar-refractivity contribution in [2.45, 2.75) is 0 Å². The highest BCUT2D eigenvalue weighted by Gasteiger charge is 2.13. The van der Waals surface area contributed by atoms with Gasteiger partial charge in [0, 0.05) is 21.2 Å². The molecule has 0 saturated heterocycles. The second kappa shape index (κ2) is 5.98. The number of pyridine rings is 1. The van der Waals surface area contributed by atoms with Gasteiger partial charge in [0.15, 0.2) is 0 Å². The Morgan fingerprint density at radius 3 is 2.76 bits per heavy atom. The summed E-state index contributed by atoms with van der Waals surface area (Å²) < 4.78 is 14.3. The number of nitrogens with one attached hydrogen (secondary N) is 1. The van der Waals surface area contributed by atoms with Crippen LogP contribution in [0.3, 0.4) is 0 Å². The predicted octanol–water partition coefficient (Wildman–Crippen LogP) is 5.68. The van der Waals surface area contributed by atoms with Gasteiger partial charge in [0.05, 0.1) is 16.1 Å². The zero-order chi connectivity index (χ0) is 17.6. The predicted molar refractivity (Wildman–Crippen MR) is 98.8 cm³/mol. The minimum atomic E-state index is -1.00. The number of aromatic nitrogens is 1. The van der Waals surface area contributed by atoms with Crippen molar-refractivity contribution in [1.29, 1.82) is 0 Å². The fourth-order valence-electron chi connectivity index (χ4n) is 2.64. The van der Waals surface area contributed by atoms with E-state index in [1.54, 1.807) is 35.6 Å². The van der Waals surface area contributed by atoms with Crippen molar-refractivity contribution in [2.75, 3.05) is 5.32 Å². The van der Waals surface area contributed by atoms with Crippen molar-refractivity contribution in [3.63, 3.8) is 0 Å². The standard InChI is InChI=1S/C18H10ClFN2O2S/c19-13-8-10(2-4-14(13)20)21-17-12-5-6-25-16(12)11-3-1-9(18(23)24)7-15(11)22-17/h1-8H,(H,21,22)(H,23,24). The number of hydrogen-bond acceptors (Lipinski definition) is 4. The van der Waals surface area contributed by atoms with Crippen molar-refractivity contribution in [3.8, 4) is 0 Å². The third-order valence-electron chi connectivity index (χ3n) is 3.82. The van der Waals surface area contributed by atoms with E-state index in [2.05, 4.69) is 10.3 Å². The summed E-state index contributed by atoms with van der Waals surface area (Å²) in [6.45, 7) is 0. The van der Waals surface area contributed by atoms with E-state index in [-0.39, 0.29) is 10.6 Å². The van der Waals surface area contributed by atoms with Crippen LogP contribution in [0.25, 0.3) is 21.0 Å². The molecule has 0 amide bonds. The van der Waals surface area contributed by atoms with E-state index < -0.39 is 11.8 Å². The van der Waals surface area contributed by atoms with Crippen molar-refractivity contribution >= 4 is 61.4 Å². The number of halogens is 2. The molecule has 0 fully saturated rings. The summed E-state index contributed by atoms with van der Waals surface area (Å²) in [5.74, 6) is -0.936. The van der Waals surface area contributed by atoms with Gasteiger partial charge in [-0.1, -0.05) is 17.7 Å². The molecule has 0 aliphatic rings. The molecule has 0 spiro atoms. The van der Waals surface area contributed by atoms with E-state index in [0.29, 0.717) is 17.0 Å². The number of hydrogen-bond donors (Lipinski definition) is 2. The number of nitrogens with zero attached hydrogens (tertiary/aromatic N) is 1. The van der Waals surface area contributed by atoms with Crippen molar-refractivity contribution in [2.24, 2.45) is 0 Å².